The van der Waals surface area contributed by atoms with E-state index in [1.54, 1.807) is 6.07 Å². The highest BCUT2D eigenvalue weighted by Gasteiger charge is 2.29. The van der Waals surface area contributed by atoms with E-state index >= 15 is 0 Å². The molecule has 0 saturated carbocycles. The van der Waals surface area contributed by atoms with Crippen molar-refractivity contribution < 1.29 is 13.2 Å². The molecule has 2 aromatic carbocycles. The number of sulfone groups is 1. The average Bonchev–Trinajstić information content (AvgIpc) is 2.94. The molecule has 6 heteroatoms. The molecule has 132 valence electrons. The number of aryl methyl sites for hydroxylation is 1. The SMILES string of the molecule is CCc1ccccc1NC(=O)c1ccccc1S[C@@H]1CCS(=O)(=O)C1. The molecule has 1 heterocycles. The third-order valence-electron chi connectivity index (χ3n) is 4.26. The van der Waals surface area contributed by atoms with Gasteiger partial charge in [-0.1, -0.05) is 37.3 Å². The average molecular weight is 376 g/mol. The lowest BCUT2D eigenvalue weighted by molar-refractivity contribution is 0.102. The first kappa shape index (κ1) is 18.0. The van der Waals surface area contributed by atoms with Crippen molar-refractivity contribution in [2.45, 2.75) is 29.9 Å². The van der Waals surface area contributed by atoms with E-state index in [0.717, 1.165) is 22.6 Å². The van der Waals surface area contributed by atoms with Crippen molar-refractivity contribution in [1.29, 1.82) is 0 Å². The summed E-state index contributed by atoms with van der Waals surface area (Å²) >= 11 is 1.49. The number of nitrogens with one attached hydrogen (secondary N) is 1. The molecular weight excluding hydrogens is 354 g/mol. The Balaban J connectivity index is 1.79. The van der Waals surface area contributed by atoms with Crippen LogP contribution in [0.3, 0.4) is 0 Å². The van der Waals surface area contributed by atoms with Crippen LogP contribution < -0.4 is 5.32 Å². The van der Waals surface area contributed by atoms with Crippen LogP contribution in [0.1, 0.15) is 29.3 Å². The monoisotopic (exact) mass is 375 g/mol. The molecule has 0 bridgehead atoms. The summed E-state index contributed by atoms with van der Waals surface area (Å²) in [6.45, 7) is 2.05. The lowest BCUT2D eigenvalue weighted by atomic mass is 10.1. The fourth-order valence-corrected chi connectivity index (χ4v) is 6.56. The van der Waals surface area contributed by atoms with Crippen LogP contribution in [-0.4, -0.2) is 31.1 Å². The highest BCUT2D eigenvalue weighted by Crippen LogP contribution is 2.33. The number of carbonyl (C=O) groups excluding carboxylic acids is 1. The molecule has 1 N–H and O–H groups in total. The number of carbonyl (C=O) groups is 1. The predicted molar refractivity (Wildman–Crippen MR) is 103 cm³/mol. The van der Waals surface area contributed by atoms with Gasteiger partial charge in [-0.25, -0.2) is 8.42 Å². The van der Waals surface area contributed by atoms with Crippen LogP contribution in [0, 0.1) is 0 Å². The number of anilines is 1. The van der Waals surface area contributed by atoms with E-state index in [9.17, 15) is 13.2 Å². The summed E-state index contributed by atoms with van der Waals surface area (Å²) in [4.78, 5) is 13.6. The lowest BCUT2D eigenvalue weighted by Gasteiger charge is -2.14. The van der Waals surface area contributed by atoms with Gasteiger partial charge >= 0.3 is 0 Å². The molecule has 1 saturated heterocycles. The minimum Gasteiger partial charge on any atom is -0.322 e. The number of rotatable bonds is 5. The van der Waals surface area contributed by atoms with Crippen LogP contribution in [0.15, 0.2) is 53.4 Å². The third-order valence-corrected chi connectivity index (χ3v) is 7.59. The molecular formula is C19H21NO3S2. The van der Waals surface area contributed by atoms with E-state index in [2.05, 4.69) is 12.2 Å². The van der Waals surface area contributed by atoms with Gasteiger partial charge in [-0.05, 0) is 36.6 Å². The van der Waals surface area contributed by atoms with Crippen molar-refractivity contribution in [1.82, 2.24) is 0 Å². The molecule has 4 nitrogen and oxygen atoms in total. The van der Waals surface area contributed by atoms with Gasteiger partial charge in [0.05, 0.1) is 17.1 Å². The maximum absolute atomic E-state index is 12.8. The Morgan fingerprint density at radius 2 is 1.88 bits per heavy atom. The van der Waals surface area contributed by atoms with E-state index in [0.29, 0.717) is 12.0 Å². The number of thioether (sulfide) groups is 1. The van der Waals surface area contributed by atoms with Gasteiger partial charge in [-0.15, -0.1) is 11.8 Å². The molecule has 1 fully saturated rings. The predicted octanol–water partition coefficient (Wildman–Crippen LogP) is 3.78. The Labute approximate surface area is 152 Å². The smallest absolute Gasteiger partial charge is 0.256 e. The Bertz CT molecular complexity index is 878. The standard InChI is InChI=1S/C19H21NO3S2/c1-2-14-7-3-5-9-17(14)20-19(21)16-8-4-6-10-18(16)24-15-11-12-25(22,23)13-15/h3-10,15H,2,11-13H2,1H3,(H,20,21)/t15-/m1/s1. The Kier molecular flexibility index (Phi) is 5.49. The Morgan fingerprint density at radius 3 is 2.60 bits per heavy atom. The van der Waals surface area contributed by atoms with Crippen molar-refractivity contribution in [2.75, 3.05) is 16.8 Å². The summed E-state index contributed by atoms with van der Waals surface area (Å²) in [7, 11) is -2.93. The summed E-state index contributed by atoms with van der Waals surface area (Å²) < 4.78 is 23.3. The van der Waals surface area contributed by atoms with Crippen LogP contribution in [0.2, 0.25) is 0 Å². The van der Waals surface area contributed by atoms with E-state index in [1.807, 2.05) is 42.5 Å². The second-order valence-corrected chi connectivity index (χ2v) is 9.67. The van der Waals surface area contributed by atoms with Gasteiger partial charge < -0.3 is 5.32 Å². The first-order chi connectivity index (χ1) is 12.0. The summed E-state index contributed by atoms with van der Waals surface area (Å²) in [5.41, 5.74) is 2.49. The van der Waals surface area contributed by atoms with Crippen molar-refractivity contribution in [3.05, 3.63) is 59.7 Å². The van der Waals surface area contributed by atoms with Crippen molar-refractivity contribution in [3.8, 4) is 0 Å². The minimum atomic E-state index is -2.93. The van der Waals surface area contributed by atoms with Crippen LogP contribution in [0.4, 0.5) is 5.69 Å². The molecule has 25 heavy (non-hydrogen) atoms. The number of benzene rings is 2. The van der Waals surface area contributed by atoms with Crippen molar-refractivity contribution in [2.24, 2.45) is 0 Å². The summed E-state index contributed by atoms with van der Waals surface area (Å²) in [6.07, 6.45) is 1.48. The molecule has 2 aromatic rings. The first-order valence-corrected chi connectivity index (χ1v) is 11.0. The van der Waals surface area contributed by atoms with E-state index in [-0.39, 0.29) is 22.7 Å². The fraction of sp³-hybridized carbons (Fsp3) is 0.316. The molecule has 1 aliphatic heterocycles. The normalized spacial score (nSPS) is 18.8. The quantitative estimate of drug-likeness (QED) is 0.864. The topological polar surface area (TPSA) is 63.2 Å². The van der Waals surface area contributed by atoms with Gasteiger partial charge in [0.1, 0.15) is 0 Å². The molecule has 0 unspecified atom stereocenters. The number of hydrogen-bond donors (Lipinski definition) is 1. The zero-order chi connectivity index (χ0) is 17.9. The number of para-hydroxylation sites is 1. The number of hydrogen-bond acceptors (Lipinski definition) is 4. The molecule has 3 rings (SSSR count). The largest absolute Gasteiger partial charge is 0.322 e. The zero-order valence-electron chi connectivity index (χ0n) is 14.1. The molecule has 1 atom stereocenters. The van der Waals surface area contributed by atoms with Gasteiger partial charge in [-0.2, -0.15) is 0 Å². The molecule has 0 radical (unpaired) electrons. The first-order valence-electron chi connectivity index (χ1n) is 8.34. The highest BCUT2D eigenvalue weighted by atomic mass is 32.2. The summed E-state index contributed by atoms with van der Waals surface area (Å²) in [5, 5.41) is 3.00. The molecule has 0 aliphatic carbocycles. The van der Waals surface area contributed by atoms with Crippen LogP contribution in [0.5, 0.6) is 0 Å². The zero-order valence-corrected chi connectivity index (χ0v) is 15.7. The maximum Gasteiger partial charge on any atom is 0.256 e. The summed E-state index contributed by atoms with van der Waals surface area (Å²) in [6, 6.07) is 15.1. The third kappa shape index (κ3) is 4.44. The second kappa shape index (κ2) is 7.62. The van der Waals surface area contributed by atoms with Gasteiger partial charge in [-0.3, -0.25) is 4.79 Å². The van der Waals surface area contributed by atoms with E-state index < -0.39 is 9.84 Å². The molecule has 1 amide bonds. The van der Waals surface area contributed by atoms with E-state index in [1.165, 1.54) is 11.8 Å². The van der Waals surface area contributed by atoms with Crippen molar-refractivity contribution in [3.63, 3.8) is 0 Å². The maximum atomic E-state index is 12.8. The summed E-state index contributed by atoms with van der Waals surface area (Å²) in [5.74, 6) is 0.264. The molecule has 0 spiro atoms. The Morgan fingerprint density at radius 1 is 1.16 bits per heavy atom. The Hall–Kier alpha value is -1.79. The minimum absolute atomic E-state index is 0.0156. The van der Waals surface area contributed by atoms with Crippen LogP contribution in [-0.2, 0) is 16.3 Å². The second-order valence-electron chi connectivity index (χ2n) is 6.10. The van der Waals surface area contributed by atoms with Gasteiger partial charge in [0.25, 0.3) is 5.91 Å². The van der Waals surface area contributed by atoms with Crippen LogP contribution in [0.25, 0.3) is 0 Å². The van der Waals surface area contributed by atoms with Crippen molar-refractivity contribution >= 4 is 33.2 Å². The fourth-order valence-electron chi connectivity index (χ4n) is 2.93. The lowest BCUT2D eigenvalue weighted by Crippen LogP contribution is -2.15. The van der Waals surface area contributed by atoms with Gasteiger partial charge in [0.15, 0.2) is 9.84 Å². The van der Waals surface area contributed by atoms with E-state index in [4.69, 9.17) is 0 Å². The van der Waals surface area contributed by atoms with Gasteiger partial charge in [0, 0.05) is 15.8 Å². The molecule has 1 aliphatic rings. The molecule has 0 aromatic heterocycles. The number of amides is 1. The van der Waals surface area contributed by atoms with Gasteiger partial charge in [0.2, 0.25) is 0 Å². The highest BCUT2D eigenvalue weighted by molar-refractivity contribution is 8.02. The van der Waals surface area contributed by atoms with Crippen LogP contribution >= 0.6 is 11.8 Å².